The smallest absolute Gasteiger partial charge is 0.259 e. The Labute approximate surface area is 156 Å². The first-order valence-electron chi connectivity index (χ1n) is 8.66. The van der Waals surface area contributed by atoms with E-state index >= 15 is 0 Å². The van der Waals surface area contributed by atoms with E-state index in [2.05, 4.69) is 31.1 Å². The predicted molar refractivity (Wildman–Crippen MR) is 96.6 cm³/mol. The van der Waals surface area contributed by atoms with Gasteiger partial charge in [0.25, 0.3) is 5.89 Å². The highest BCUT2D eigenvalue weighted by molar-refractivity contribution is 5.54. The van der Waals surface area contributed by atoms with Gasteiger partial charge in [-0.3, -0.25) is 4.98 Å². The first-order valence-corrected chi connectivity index (χ1v) is 8.66. The van der Waals surface area contributed by atoms with E-state index in [1.54, 1.807) is 31.6 Å². The number of ether oxygens (including phenoxy) is 1. The van der Waals surface area contributed by atoms with Crippen molar-refractivity contribution in [1.82, 2.24) is 20.1 Å². The molecule has 1 saturated heterocycles. The molecule has 3 aromatic rings. The van der Waals surface area contributed by atoms with Crippen LogP contribution in [-0.4, -0.2) is 40.3 Å². The molecule has 1 aliphatic rings. The number of hydrogen-bond acceptors (Lipinski definition) is 8. The summed E-state index contributed by atoms with van der Waals surface area (Å²) in [5.74, 6) is 1.59. The van der Waals surface area contributed by atoms with Crippen LogP contribution in [0.1, 0.15) is 24.3 Å². The third kappa shape index (κ3) is 3.13. The number of rotatable bonds is 4. The molecule has 0 N–H and O–H groups in total. The first-order chi connectivity index (χ1) is 13.3. The van der Waals surface area contributed by atoms with E-state index in [-0.39, 0.29) is 0 Å². The fourth-order valence-electron chi connectivity index (χ4n) is 3.33. The van der Waals surface area contributed by atoms with E-state index in [9.17, 15) is 5.26 Å². The fourth-order valence-corrected chi connectivity index (χ4v) is 3.33. The van der Waals surface area contributed by atoms with Crippen LogP contribution in [0.2, 0.25) is 0 Å². The maximum atomic E-state index is 9.31. The van der Waals surface area contributed by atoms with Crippen LogP contribution in [0.25, 0.3) is 11.5 Å². The van der Waals surface area contributed by atoms with Gasteiger partial charge in [0.15, 0.2) is 0 Å². The Kier molecular flexibility index (Phi) is 4.52. The first kappa shape index (κ1) is 17.1. The Morgan fingerprint density at radius 3 is 2.67 bits per heavy atom. The molecule has 27 heavy (non-hydrogen) atoms. The number of methoxy groups -OCH3 is 1. The summed E-state index contributed by atoms with van der Waals surface area (Å²) in [6, 6.07) is 11.3. The Hall–Kier alpha value is -3.31. The molecule has 3 aromatic heterocycles. The van der Waals surface area contributed by atoms with Crippen LogP contribution in [0, 0.1) is 11.3 Å². The molecule has 4 rings (SSSR count). The Morgan fingerprint density at radius 1 is 1.15 bits per heavy atom. The van der Waals surface area contributed by atoms with E-state index in [4.69, 9.17) is 9.26 Å². The molecule has 1 fully saturated rings. The van der Waals surface area contributed by atoms with Crippen molar-refractivity contribution < 1.29 is 9.26 Å². The predicted octanol–water partition coefficient (Wildman–Crippen LogP) is 2.54. The molecule has 136 valence electrons. The van der Waals surface area contributed by atoms with Crippen molar-refractivity contribution in [2.45, 2.75) is 18.4 Å². The lowest BCUT2D eigenvalue weighted by Crippen LogP contribution is -2.44. The van der Waals surface area contributed by atoms with Crippen molar-refractivity contribution >= 4 is 5.82 Å². The van der Waals surface area contributed by atoms with Crippen LogP contribution in [-0.2, 0) is 10.3 Å². The molecule has 0 atom stereocenters. The molecule has 0 bridgehead atoms. The van der Waals surface area contributed by atoms with E-state index in [1.165, 1.54) is 0 Å². The lowest BCUT2D eigenvalue weighted by Gasteiger charge is -2.38. The number of hydrogen-bond donors (Lipinski definition) is 0. The third-order valence-electron chi connectivity index (χ3n) is 4.88. The zero-order valence-electron chi connectivity index (χ0n) is 14.9. The van der Waals surface area contributed by atoms with Gasteiger partial charge in [-0.15, -0.1) is 0 Å². The minimum absolute atomic E-state index is 0.445. The number of nitrogens with zero attached hydrogens (tertiary/aromatic N) is 6. The van der Waals surface area contributed by atoms with Crippen LogP contribution in [0.3, 0.4) is 0 Å². The van der Waals surface area contributed by atoms with Crippen molar-refractivity contribution in [2.24, 2.45) is 0 Å². The Balaban J connectivity index is 1.56. The largest absolute Gasteiger partial charge is 0.368 e. The van der Waals surface area contributed by atoms with Crippen molar-refractivity contribution in [3.05, 3.63) is 54.2 Å². The fraction of sp³-hybridized carbons (Fsp3) is 0.316. The highest BCUT2D eigenvalue weighted by Crippen LogP contribution is 2.37. The number of anilines is 1. The molecular formula is C19H18N6O2. The van der Waals surface area contributed by atoms with Gasteiger partial charge >= 0.3 is 0 Å². The lowest BCUT2D eigenvalue weighted by molar-refractivity contribution is -0.0582. The standard InChI is InChI=1S/C19H18N6O2/c1-26-19(18-23-16(24-27-18)15-6-2-3-9-21-15)7-11-25(12-8-19)17-14(13-20)5-4-10-22-17/h2-6,9-10H,7-8,11-12H2,1H3. The van der Waals surface area contributed by atoms with Crippen LogP contribution in [0.15, 0.2) is 47.2 Å². The van der Waals surface area contributed by atoms with Gasteiger partial charge in [-0.05, 0) is 24.3 Å². The summed E-state index contributed by atoms with van der Waals surface area (Å²) in [4.78, 5) is 15.2. The van der Waals surface area contributed by atoms with Crippen LogP contribution in [0.4, 0.5) is 5.82 Å². The average molecular weight is 362 g/mol. The van der Waals surface area contributed by atoms with Gasteiger partial charge in [0.05, 0.1) is 5.56 Å². The number of piperidine rings is 1. The normalized spacial score (nSPS) is 16.1. The molecule has 8 heteroatoms. The number of pyridine rings is 2. The summed E-state index contributed by atoms with van der Waals surface area (Å²) >= 11 is 0. The summed E-state index contributed by atoms with van der Waals surface area (Å²) in [5, 5.41) is 13.4. The maximum absolute atomic E-state index is 9.31. The highest BCUT2D eigenvalue weighted by Gasteiger charge is 2.42. The molecule has 4 heterocycles. The minimum Gasteiger partial charge on any atom is -0.368 e. The maximum Gasteiger partial charge on any atom is 0.259 e. The molecule has 0 unspecified atom stereocenters. The van der Waals surface area contributed by atoms with Crippen molar-refractivity contribution in [3.63, 3.8) is 0 Å². The number of aromatic nitrogens is 4. The summed E-state index contributed by atoms with van der Waals surface area (Å²) in [6.07, 6.45) is 4.69. The summed E-state index contributed by atoms with van der Waals surface area (Å²) in [5.41, 5.74) is 0.568. The molecular weight excluding hydrogens is 344 g/mol. The second kappa shape index (κ2) is 7.13. The molecule has 0 aromatic carbocycles. The minimum atomic E-state index is -0.655. The van der Waals surface area contributed by atoms with Crippen molar-refractivity contribution in [1.29, 1.82) is 5.26 Å². The van der Waals surface area contributed by atoms with Crippen molar-refractivity contribution in [2.75, 3.05) is 25.1 Å². The van der Waals surface area contributed by atoms with Crippen LogP contribution in [0.5, 0.6) is 0 Å². The molecule has 1 aliphatic heterocycles. The van der Waals surface area contributed by atoms with E-state index in [1.807, 2.05) is 18.2 Å². The summed E-state index contributed by atoms with van der Waals surface area (Å²) in [7, 11) is 1.65. The number of nitriles is 1. The topological polar surface area (TPSA) is 101 Å². The zero-order valence-corrected chi connectivity index (χ0v) is 14.9. The van der Waals surface area contributed by atoms with Crippen LogP contribution >= 0.6 is 0 Å². The molecule has 0 radical (unpaired) electrons. The molecule has 0 aliphatic carbocycles. The van der Waals surface area contributed by atoms with Gasteiger partial charge in [0.2, 0.25) is 5.82 Å². The lowest BCUT2D eigenvalue weighted by atomic mass is 9.90. The quantitative estimate of drug-likeness (QED) is 0.698. The summed E-state index contributed by atoms with van der Waals surface area (Å²) < 4.78 is 11.4. The van der Waals surface area contributed by atoms with E-state index in [0.717, 1.165) is 0 Å². The van der Waals surface area contributed by atoms with Gasteiger partial charge in [-0.25, -0.2) is 4.98 Å². The van der Waals surface area contributed by atoms with Gasteiger partial charge < -0.3 is 14.2 Å². The molecule has 0 spiro atoms. The average Bonchev–Trinajstić information content (AvgIpc) is 3.25. The second-order valence-electron chi connectivity index (χ2n) is 6.31. The zero-order chi connectivity index (χ0) is 18.7. The Bertz CT molecular complexity index is 958. The highest BCUT2D eigenvalue weighted by atomic mass is 16.5. The van der Waals surface area contributed by atoms with E-state index < -0.39 is 5.60 Å². The third-order valence-corrected chi connectivity index (χ3v) is 4.88. The van der Waals surface area contributed by atoms with Gasteiger partial charge in [-0.1, -0.05) is 11.2 Å². The molecule has 0 saturated carbocycles. The SMILES string of the molecule is COC1(c2nc(-c3ccccn3)no2)CCN(c2ncccc2C#N)CC1. The van der Waals surface area contributed by atoms with Gasteiger partial charge in [0.1, 0.15) is 23.2 Å². The van der Waals surface area contributed by atoms with E-state index in [0.29, 0.717) is 54.7 Å². The van der Waals surface area contributed by atoms with Gasteiger partial charge in [-0.2, -0.15) is 10.2 Å². The molecule has 8 nitrogen and oxygen atoms in total. The molecule has 0 amide bonds. The van der Waals surface area contributed by atoms with Gasteiger partial charge in [0, 0.05) is 45.4 Å². The monoisotopic (exact) mass is 362 g/mol. The Morgan fingerprint density at radius 2 is 1.96 bits per heavy atom. The van der Waals surface area contributed by atoms with Crippen LogP contribution < -0.4 is 4.90 Å². The summed E-state index contributed by atoms with van der Waals surface area (Å²) in [6.45, 7) is 1.33. The van der Waals surface area contributed by atoms with Crippen molar-refractivity contribution in [3.8, 4) is 17.6 Å². The second-order valence-corrected chi connectivity index (χ2v) is 6.31.